The number of amides is 1. The van der Waals surface area contributed by atoms with Crippen LogP contribution in [0.2, 0.25) is 0 Å². The molecule has 0 saturated heterocycles. The zero-order valence-corrected chi connectivity index (χ0v) is 17.6. The van der Waals surface area contributed by atoms with Crippen molar-refractivity contribution in [1.29, 1.82) is 5.26 Å². The zero-order chi connectivity index (χ0) is 22.8. The lowest BCUT2D eigenvalue weighted by Crippen LogP contribution is -2.35. The Morgan fingerprint density at radius 3 is 2.81 bits per heavy atom. The van der Waals surface area contributed by atoms with Gasteiger partial charge in [-0.15, -0.1) is 17.9 Å². The number of carbonyl (C=O) groups excluding carboxylic acids is 1. The molecule has 1 N–H and O–H groups in total. The molecule has 0 bridgehead atoms. The molecule has 0 unspecified atom stereocenters. The van der Waals surface area contributed by atoms with Crippen LogP contribution in [0.3, 0.4) is 0 Å². The van der Waals surface area contributed by atoms with E-state index < -0.39 is 18.1 Å². The summed E-state index contributed by atoms with van der Waals surface area (Å²) in [5.41, 5.74) is -0.439. The third kappa shape index (κ3) is 6.34. The second kappa shape index (κ2) is 11.8. The number of benzene rings is 1. The molecule has 0 aliphatic rings. The lowest BCUT2D eigenvalue weighted by atomic mass is 10.2. The van der Waals surface area contributed by atoms with Gasteiger partial charge in [0.25, 0.3) is 11.5 Å². The first kappa shape index (κ1) is 24.0. The normalized spacial score (nSPS) is 12.4. The molecule has 1 aromatic heterocycles. The second-order valence-corrected chi connectivity index (χ2v) is 7.16. The molecule has 2 rings (SSSR count). The Morgan fingerprint density at radius 1 is 1.42 bits per heavy atom. The summed E-state index contributed by atoms with van der Waals surface area (Å²) < 4.78 is 36.3. The summed E-state index contributed by atoms with van der Waals surface area (Å²) in [6, 6.07) is 7.87. The SMILES string of the molecule is C=CCn1c(=C(C#N)C(=O)NCCCOC)sc(=Cc2ccccc2OC(F)F)c1=O. The Labute approximate surface area is 181 Å². The Morgan fingerprint density at radius 2 is 2.16 bits per heavy atom. The van der Waals surface area contributed by atoms with E-state index in [4.69, 9.17) is 4.74 Å². The van der Waals surface area contributed by atoms with E-state index in [1.165, 1.54) is 42.0 Å². The van der Waals surface area contributed by atoms with Gasteiger partial charge in [0, 0.05) is 32.4 Å². The molecule has 0 aliphatic heterocycles. The summed E-state index contributed by atoms with van der Waals surface area (Å²) in [4.78, 5) is 25.4. The van der Waals surface area contributed by atoms with Gasteiger partial charge in [0.2, 0.25) is 0 Å². The molecular formula is C21H21F2N3O4S. The van der Waals surface area contributed by atoms with Crippen molar-refractivity contribution in [2.45, 2.75) is 19.6 Å². The van der Waals surface area contributed by atoms with Crippen molar-refractivity contribution in [3.63, 3.8) is 0 Å². The predicted octanol–water partition coefficient (Wildman–Crippen LogP) is 1.35. The number of para-hydroxylation sites is 1. The standard InChI is InChI=1S/C21H21F2N3O4S/c1-3-10-26-19(28)17(12-14-7-4-5-8-16(14)30-21(22)23)31-20(26)15(13-24)18(27)25-9-6-11-29-2/h3-5,7-8,12,21H,1,6,9-11H2,2H3,(H,25,27). The first-order valence-electron chi connectivity index (χ1n) is 9.20. The van der Waals surface area contributed by atoms with E-state index in [1.807, 2.05) is 6.07 Å². The van der Waals surface area contributed by atoms with Crippen LogP contribution < -0.4 is 24.8 Å². The van der Waals surface area contributed by atoms with Gasteiger partial charge in [-0.1, -0.05) is 24.3 Å². The highest BCUT2D eigenvalue weighted by Crippen LogP contribution is 2.20. The van der Waals surface area contributed by atoms with Crippen molar-refractivity contribution in [2.75, 3.05) is 20.3 Å². The topological polar surface area (TPSA) is 93.3 Å². The number of hydrogen-bond acceptors (Lipinski definition) is 6. The van der Waals surface area contributed by atoms with Crippen molar-refractivity contribution in [3.05, 3.63) is 62.0 Å². The monoisotopic (exact) mass is 449 g/mol. The van der Waals surface area contributed by atoms with E-state index in [-0.39, 0.29) is 32.6 Å². The van der Waals surface area contributed by atoms with Gasteiger partial charge < -0.3 is 14.8 Å². The van der Waals surface area contributed by atoms with Crippen molar-refractivity contribution in [3.8, 4) is 11.8 Å². The fourth-order valence-corrected chi connectivity index (χ4v) is 3.75. The Hall–Kier alpha value is -3.29. The molecule has 7 nitrogen and oxygen atoms in total. The van der Waals surface area contributed by atoms with E-state index in [1.54, 1.807) is 6.07 Å². The smallest absolute Gasteiger partial charge is 0.387 e. The molecule has 0 atom stereocenters. The van der Waals surface area contributed by atoms with Crippen LogP contribution in [0.4, 0.5) is 8.78 Å². The predicted molar refractivity (Wildman–Crippen MR) is 113 cm³/mol. The lowest BCUT2D eigenvalue weighted by molar-refractivity contribution is -0.115. The average Bonchev–Trinajstić information content (AvgIpc) is 3.03. The Bertz CT molecular complexity index is 1150. The maximum atomic E-state index is 12.9. The number of carbonyl (C=O) groups is 1. The van der Waals surface area contributed by atoms with Crippen LogP contribution in [-0.2, 0) is 16.1 Å². The number of nitrogens with one attached hydrogen (secondary N) is 1. The van der Waals surface area contributed by atoms with Crippen molar-refractivity contribution in [1.82, 2.24) is 9.88 Å². The second-order valence-electron chi connectivity index (χ2n) is 6.13. The third-order valence-corrected chi connectivity index (χ3v) is 5.13. The molecule has 0 fully saturated rings. The summed E-state index contributed by atoms with van der Waals surface area (Å²) in [5.74, 6) is -0.715. The van der Waals surface area contributed by atoms with E-state index >= 15 is 0 Å². The maximum absolute atomic E-state index is 12.9. The summed E-state index contributed by atoms with van der Waals surface area (Å²) in [6.07, 6.45) is 3.41. The van der Waals surface area contributed by atoms with Crippen LogP contribution in [0.1, 0.15) is 12.0 Å². The number of alkyl halides is 2. The van der Waals surface area contributed by atoms with Gasteiger partial charge in [0.05, 0.1) is 4.53 Å². The minimum absolute atomic E-state index is 0.0653. The molecule has 1 heterocycles. The minimum atomic E-state index is -3.02. The van der Waals surface area contributed by atoms with Gasteiger partial charge in [-0.3, -0.25) is 14.2 Å². The fraction of sp³-hybridized carbons (Fsp3) is 0.286. The molecule has 31 heavy (non-hydrogen) atoms. The van der Waals surface area contributed by atoms with Crippen LogP contribution >= 0.6 is 11.3 Å². The summed E-state index contributed by atoms with van der Waals surface area (Å²) >= 11 is 0.912. The minimum Gasteiger partial charge on any atom is -0.434 e. The number of aromatic nitrogens is 1. The van der Waals surface area contributed by atoms with E-state index in [0.717, 1.165) is 11.3 Å². The average molecular weight is 449 g/mol. The van der Waals surface area contributed by atoms with Crippen LogP contribution in [0, 0.1) is 11.3 Å². The first-order valence-corrected chi connectivity index (χ1v) is 10.0. The van der Waals surface area contributed by atoms with Crippen LogP contribution in [0.25, 0.3) is 11.6 Å². The molecule has 164 valence electrons. The summed E-state index contributed by atoms with van der Waals surface area (Å²) in [7, 11) is 1.54. The molecule has 0 radical (unpaired) electrons. The number of nitriles is 1. The van der Waals surface area contributed by atoms with E-state index in [2.05, 4.69) is 16.6 Å². The summed E-state index contributed by atoms with van der Waals surface area (Å²) in [6.45, 7) is 1.39. The van der Waals surface area contributed by atoms with Gasteiger partial charge in [-0.2, -0.15) is 14.0 Å². The Balaban J connectivity index is 2.61. The highest BCUT2D eigenvalue weighted by atomic mass is 32.1. The number of halogens is 2. The number of thiazole rings is 1. The van der Waals surface area contributed by atoms with Gasteiger partial charge in [-0.05, 0) is 18.6 Å². The van der Waals surface area contributed by atoms with Crippen LogP contribution in [-0.4, -0.2) is 37.3 Å². The number of allylic oxidation sites excluding steroid dienone is 1. The number of rotatable bonds is 10. The maximum Gasteiger partial charge on any atom is 0.387 e. The van der Waals surface area contributed by atoms with Gasteiger partial charge >= 0.3 is 6.61 Å². The van der Waals surface area contributed by atoms with Gasteiger partial charge in [0.1, 0.15) is 16.5 Å². The highest BCUT2D eigenvalue weighted by Gasteiger charge is 2.16. The number of methoxy groups -OCH3 is 1. The Kier molecular flexibility index (Phi) is 9.12. The fourth-order valence-electron chi connectivity index (χ4n) is 2.65. The molecule has 0 aliphatic carbocycles. The van der Waals surface area contributed by atoms with E-state index in [0.29, 0.717) is 19.6 Å². The van der Waals surface area contributed by atoms with Crippen molar-refractivity contribution in [2.24, 2.45) is 0 Å². The van der Waals surface area contributed by atoms with Crippen molar-refractivity contribution >= 4 is 28.9 Å². The number of nitrogens with zero attached hydrogens (tertiary/aromatic N) is 2. The molecule has 0 saturated carbocycles. The summed E-state index contributed by atoms with van der Waals surface area (Å²) in [5, 5.41) is 12.2. The highest BCUT2D eigenvalue weighted by molar-refractivity contribution is 7.07. The molecule has 2 aromatic rings. The quantitative estimate of drug-likeness (QED) is 0.437. The van der Waals surface area contributed by atoms with E-state index in [9.17, 15) is 23.6 Å². The molecule has 0 spiro atoms. The molecule has 1 aromatic carbocycles. The molecule has 10 heteroatoms. The largest absolute Gasteiger partial charge is 0.434 e. The third-order valence-electron chi connectivity index (χ3n) is 4.00. The molecular weight excluding hydrogens is 428 g/mol. The lowest BCUT2D eigenvalue weighted by Gasteiger charge is -2.06. The van der Waals surface area contributed by atoms with Crippen LogP contribution in [0.5, 0.6) is 5.75 Å². The van der Waals surface area contributed by atoms with Crippen molar-refractivity contribution < 1.29 is 23.0 Å². The van der Waals surface area contributed by atoms with Gasteiger partial charge in [0.15, 0.2) is 5.57 Å². The van der Waals surface area contributed by atoms with Gasteiger partial charge in [-0.25, -0.2) is 0 Å². The molecule has 1 amide bonds. The number of hydrogen-bond donors (Lipinski definition) is 1. The number of ether oxygens (including phenoxy) is 2. The zero-order valence-electron chi connectivity index (χ0n) is 16.8. The first-order chi connectivity index (χ1) is 14.9. The van der Waals surface area contributed by atoms with Crippen LogP contribution in [0.15, 0.2) is 41.7 Å².